The number of amides is 1. The summed E-state index contributed by atoms with van der Waals surface area (Å²) < 4.78 is 11.1. The smallest absolute Gasteiger partial charge is 0.220 e. The van der Waals surface area contributed by atoms with Gasteiger partial charge in [-0.3, -0.25) is 4.79 Å². The molecule has 1 heterocycles. The third kappa shape index (κ3) is 5.73. The molecule has 0 radical (unpaired) electrons. The van der Waals surface area contributed by atoms with Gasteiger partial charge in [-0.2, -0.15) is 0 Å². The first kappa shape index (κ1) is 19.2. The van der Waals surface area contributed by atoms with E-state index in [9.17, 15) is 9.90 Å². The second-order valence-electron chi connectivity index (χ2n) is 7.02. The molecule has 0 aliphatic carbocycles. The first-order chi connectivity index (χ1) is 13.1. The van der Waals surface area contributed by atoms with Gasteiger partial charge < -0.3 is 19.9 Å². The molecule has 5 heteroatoms. The predicted molar refractivity (Wildman–Crippen MR) is 104 cm³/mol. The number of fused-ring (bicyclic) bond motifs is 1. The highest BCUT2D eigenvalue weighted by Crippen LogP contribution is 2.31. The van der Waals surface area contributed by atoms with Crippen LogP contribution in [-0.4, -0.2) is 37.4 Å². The van der Waals surface area contributed by atoms with Gasteiger partial charge in [0.15, 0.2) is 11.5 Å². The van der Waals surface area contributed by atoms with Crippen LogP contribution in [0.15, 0.2) is 42.5 Å². The molecule has 1 aliphatic heterocycles. The van der Waals surface area contributed by atoms with E-state index in [0.717, 1.165) is 23.5 Å². The molecular weight excluding hydrogens is 342 g/mol. The molecule has 2 aromatic carbocycles. The quantitative estimate of drug-likeness (QED) is 0.751. The van der Waals surface area contributed by atoms with Crippen LogP contribution in [0.5, 0.6) is 11.5 Å². The molecule has 0 fully saturated rings. The summed E-state index contributed by atoms with van der Waals surface area (Å²) in [5, 5.41) is 12.5. The summed E-state index contributed by atoms with van der Waals surface area (Å²) in [7, 11) is 0. The average molecular weight is 369 g/mol. The lowest BCUT2D eigenvalue weighted by Gasteiger charge is -2.19. The highest BCUT2D eigenvalue weighted by Gasteiger charge is 2.13. The third-order valence-corrected chi connectivity index (χ3v) is 4.74. The lowest BCUT2D eigenvalue weighted by Crippen LogP contribution is -2.32. The van der Waals surface area contributed by atoms with Crippen LogP contribution in [0.4, 0.5) is 0 Å². The van der Waals surface area contributed by atoms with Crippen LogP contribution in [0.1, 0.15) is 23.1 Å². The van der Waals surface area contributed by atoms with Crippen LogP contribution in [-0.2, 0) is 17.6 Å². The molecular formula is C22H27NO4. The van der Waals surface area contributed by atoms with Crippen molar-refractivity contribution in [3.63, 3.8) is 0 Å². The average Bonchev–Trinajstić information content (AvgIpc) is 2.70. The van der Waals surface area contributed by atoms with Gasteiger partial charge in [0.05, 0.1) is 0 Å². The Labute approximate surface area is 160 Å². The van der Waals surface area contributed by atoms with Crippen molar-refractivity contribution < 1.29 is 19.4 Å². The van der Waals surface area contributed by atoms with E-state index >= 15 is 0 Å². The molecule has 2 N–H and O–H groups in total. The summed E-state index contributed by atoms with van der Waals surface area (Å²) in [5.41, 5.74) is 3.43. The second-order valence-corrected chi connectivity index (χ2v) is 7.02. The van der Waals surface area contributed by atoms with Crippen molar-refractivity contribution in [2.75, 3.05) is 26.4 Å². The standard InChI is InChI=1S/C22H27NO4/c1-16-2-4-17(5-3-16)12-19(15-24)14-23-22(25)9-7-18-6-8-20-21(13-18)27-11-10-26-20/h2-6,8,13,19,24H,7,9-12,14-15H2,1H3,(H,23,25). The number of hydrogen-bond donors (Lipinski definition) is 2. The Morgan fingerprint density at radius 3 is 2.52 bits per heavy atom. The van der Waals surface area contributed by atoms with E-state index in [4.69, 9.17) is 9.47 Å². The van der Waals surface area contributed by atoms with Gasteiger partial charge in [-0.25, -0.2) is 0 Å². The number of benzene rings is 2. The van der Waals surface area contributed by atoms with E-state index in [0.29, 0.717) is 32.6 Å². The number of hydrogen-bond acceptors (Lipinski definition) is 4. The third-order valence-electron chi connectivity index (χ3n) is 4.74. The van der Waals surface area contributed by atoms with Gasteiger partial charge in [0.2, 0.25) is 5.91 Å². The second kappa shape index (κ2) is 9.42. The maximum Gasteiger partial charge on any atom is 0.220 e. The number of carbonyl (C=O) groups excluding carboxylic acids is 1. The first-order valence-corrected chi connectivity index (χ1v) is 9.45. The fraction of sp³-hybridized carbons (Fsp3) is 0.409. The topological polar surface area (TPSA) is 67.8 Å². The van der Waals surface area contributed by atoms with Crippen molar-refractivity contribution in [2.24, 2.45) is 5.92 Å². The van der Waals surface area contributed by atoms with Gasteiger partial charge >= 0.3 is 0 Å². The van der Waals surface area contributed by atoms with Gasteiger partial charge in [0, 0.05) is 25.5 Å². The van der Waals surface area contributed by atoms with Crippen LogP contribution < -0.4 is 14.8 Å². The molecule has 1 amide bonds. The molecule has 27 heavy (non-hydrogen) atoms. The van der Waals surface area contributed by atoms with Gasteiger partial charge in [0.1, 0.15) is 13.2 Å². The number of carbonyl (C=O) groups is 1. The fourth-order valence-electron chi connectivity index (χ4n) is 3.11. The summed E-state index contributed by atoms with van der Waals surface area (Å²) in [4.78, 5) is 12.2. The van der Waals surface area contributed by atoms with Crippen LogP contribution in [0.25, 0.3) is 0 Å². The lowest BCUT2D eigenvalue weighted by molar-refractivity contribution is -0.121. The summed E-state index contributed by atoms with van der Waals surface area (Å²) >= 11 is 0. The molecule has 3 rings (SSSR count). The minimum Gasteiger partial charge on any atom is -0.486 e. The minimum absolute atomic E-state index is 0.00718. The van der Waals surface area contributed by atoms with Crippen molar-refractivity contribution in [1.29, 1.82) is 0 Å². The molecule has 5 nitrogen and oxygen atoms in total. The normalized spacial score (nSPS) is 13.9. The lowest BCUT2D eigenvalue weighted by atomic mass is 9.99. The Bertz CT molecular complexity index is 757. The summed E-state index contributed by atoms with van der Waals surface area (Å²) in [6.07, 6.45) is 1.80. The van der Waals surface area contributed by atoms with Crippen LogP contribution in [0.3, 0.4) is 0 Å². The number of rotatable bonds is 8. The maximum atomic E-state index is 12.2. The number of aryl methyl sites for hydroxylation is 2. The van der Waals surface area contributed by atoms with E-state index < -0.39 is 0 Å². The minimum atomic E-state index is -0.00718. The Hall–Kier alpha value is -2.53. The highest BCUT2D eigenvalue weighted by atomic mass is 16.6. The molecule has 1 aliphatic rings. The summed E-state index contributed by atoms with van der Waals surface area (Å²) in [5.74, 6) is 1.52. The van der Waals surface area contributed by atoms with Crippen molar-refractivity contribution in [3.05, 3.63) is 59.2 Å². The van der Waals surface area contributed by atoms with E-state index in [2.05, 4.69) is 36.5 Å². The van der Waals surface area contributed by atoms with Crippen molar-refractivity contribution in [3.8, 4) is 11.5 Å². The molecule has 0 saturated carbocycles. The molecule has 1 atom stereocenters. The zero-order valence-corrected chi connectivity index (χ0v) is 15.7. The first-order valence-electron chi connectivity index (χ1n) is 9.45. The van der Waals surface area contributed by atoms with Crippen molar-refractivity contribution in [1.82, 2.24) is 5.32 Å². The van der Waals surface area contributed by atoms with Gasteiger partial charge in [0.25, 0.3) is 0 Å². The van der Waals surface area contributed by atoms with E-state index in [-0.39, 0.29) is 18.4 Å². The largest absolute Gasteiger partial charge is 0.486 e. The Kier molecular flexibility index (Phi) is 6.71. The van der Waals surface area contributed by atoms with Crippen molar-refractivity contribution in [2.45, 2.75) is 26.2 Å². The molecule has 1 unspecified atom stereocenters. The predicted octanol–water partition coefficient (Wildman–Crippen LogP) is 2.67. The van der Waals surface area contributed by atoms with Crippen LogP contribution >= 0.6 is 0 Å². The Balaban J connectivity index is 1.43. The van der Waals surface area contributed by atoms with E-state index in [1.54, 1.807) is 0 Å². The molecule has 0 bridgehead atoms. The SMILES string of the molecule is Cc1ccc(CC(CO)CNC(=O)CCc2ccc3c(c2)OCCO3)cc1. The van der Waals surface area contributed by atoms with Gasteiger partial charge in [-0.1, -0.05) is 35.9 Å². The highest BCUT2D eigenvalue weighted by molar-refractivity contribution is 5.76. The van der Waals surface area contributed by atoms with E-state index in [1.807, 2.05) is 18.2 Å². The molecule has 0 saturated heterocycles. The molecule has 0 spiro atoms. The summed E-state index contributed by atoms with van der Waals surface area (Å²) in [6, 6.07) is 14.1. The Morgan fingerprint density at radius 1 is 1.07 bits per heavy atom. The van der Waals surface area contributed by atoms with Crippen LogP contribution in [0.2, 0.25) is 0 Å². The Morgan fingerprint density at radius 2 is 1.78 bits per heavy atom. The zero-order valence-electron chi connectivity index (χ0n) is 15.7. The number of nitrogens with one attached hydrogen (secondary N) is 1. The maximum absolute atomic E-state index is 12.2. The number of aliphatic hydroxyl groups is 1. The monoisotopic (exact) mass is 369 g/mol. The fourth-order valence-corrected chi connectivity index (χ4v) is 3.11. The number of aliphatic hydroxyl groups excluding tert-OH is 1. The van der Waals surface area contributed by atoms with Gasteiger partial charge in [-0.05, 0) is 43.0 Å². The summed E-state index contributed by atoms with van der Waals surface area (Å²) in [6.45, 7) is 3.71. The van der Waals surface area contributed by atoms with Crippen molar-refractivity contribution >= 4 is 5.91 Å². The number of ether oxygens (including phenoxy) is 2. The zero-order chi connectivity index (χ0) is 19.1. The van der Waals surface area contributed by atoms with E-state index in [1.165, 1.54) is 11.1 Å². The van der Waals surface area contributed by atoms with Gasteiger partial charge in [-0.15, -0.1) is 0 Å². The molecule has 0 aromatic heterocycles. The van der Waals surface area contributed by atoms with Crippen LogP contribution in [0, 0.1) is 12.8 Å². The molecule has 144 valence electrons. The molecule has 2 aromatic rings.